The Morgan fingerprint density at radius 1 is 1.39 bits per heavy atom. The molecular formula is C20H28N4O4. The zero-order valence-corrected chi connectivity index (χ0v) is 16.9. The van der Waals surface area contributed by atoms with Gasteiger partial charge in [0.15, 0.2) is 11.5 Å². The van der Waals surface area contributed by atoms with Crippen LogP contribution in [0.1, 0.15) is 49.5 Å². The predicted molar refractivity (Wildman–Crippen MR) is 104 cm³/mol. The fourth-order valence-electron chi connectivity index (χ4n) is 2.78. The minimum atomic E-state index is -0.295. The number of pyridine rings is 1. The van der Waals surface area contributed by atoms with Gasteiger partial charge < -0.3 is 24.2 Å². The van der Waals surface area contributed by atoms with Crippen molar-refractivity contribution in [1.29, 1.82) is 0 Å². The maximum absolute atomic E-state index is 12.3. The lowest BCUT2D eigenvalue weighted by Crippen LogP contribution is -2.41. The van der Waals surface area contributed by atoms with Gasteiger partial charge in [0.2, 0.25) is 0 Å². The summed E-state index contributed by atoms with van der Waals surface area (Å²) in [6.07, 6.45) is 1.98. The molecule has 8 heteroatoms. The highest BCUT2D eigenvalue weighted by molar-refractivity contribution is 5.92. The number of aromatic nitrogens is 2. The number of nitrogens with one attached hydrogen (secondary N) is 1. The number of rotatable bonds is 6. The molecule has 3 rings (SSSR count). The molecule has 2 aromatic heterocycles. The Balaban J connectivity index is 1.50. The van der Waals surface area contributed by atoms with Gasteiger partial charge in [-0.15, -0.1) is 0 Å². The number of nitrogens with zero attached hydrogens (tertiary/aromatic N) is 3. The number of anilines is 1. The van der Waals surface area contributed by atoms with Gasteiger partial charge in [-0.25, -0.2) is 4.98 Å². The lowest BCUT2D eigenvalue weighted by Gasteiger charge is -2.32. The quantitative estimate of drug-likeness (QED) is 0.813. The van der Waals surface area contributed by atoms with Gasteiger partial charge in [-0.1, -0.05) is 11.2 Å². The minimum Gasteiger partial charge on any atom is -0.375 e. The van der Waals surface area contributed by atoms with E-state index in [1.165, 1.54) is 0 Å². The average Bonchev–Trinajstić information content (AvgIpc) is 3.14. The van der Waals surface area contributed by atoms with Gasteiger partial charge >= 0.3 is 0 Å². The molecule has 1 atom stereocenters. The third-order valence-corrected chi connectivity index (χ3v) is 4.27. The molecule has 3 heterocycles. The van der Waals surface area contributed by atoms with Gasteiger partial charge in [-0.3, -0.25) is 4.79 Å². The second-order valence-corrected chi connectivity index (χ2v) is 7.91. The first kappa shape index (κ1) is 20.3. The zero-order chi connectivity index (χ0) is 20.1. The van der Waals surface area contributed by atoms with Gasteiger partial charge in [-0.05, 0) is 39.3 Å². The van der Waals surface area contributed by atoms with Crippen molar-refractivity contribution in [2.75, 3.05) is 24.6 Å². The van der Waals surface area contributed by atoms with Crippen LogP contribution in [0.4, 0.5) is 5.82 Å². The first-order valence-corrected chi connectivity index (χ1v) is 9.49. The Hall–Kier alpha value is -2.45. The second-order valence-electron chi connectivity index (χ2n) is 7.91. The van der Waals surface area contributed by atoms with Crippen molar-refractivity contribution in [3.63, 3.8) is 0 Å². The largest absolute Gasteiger partial charge is 0.375 e. The van der Waals surface area contributed by atoms with Crippen molar-refractivity contribution in [2.45, 2.75) is 52.6 Å². The van der Waals surface area contributed by atoms with Crippen LogP contribution in [-0.4, -0.2) is 47.4 Å². The van der Waals surface area contributed by atoms with Gasteiger partial charge in [-0.2, -0.15) is 0 Å². The number of ether oxygens (including phenoxy) is 2. The molecule has 0 saturated carbocycles. The Labute approximate surface area is 165 Å². The molecule has 0 radical (unpaired) electrons. The first-order valence-electron chi connectivity index (χ1n) is 9.49. The summed E-state index contributed by atoms with van der Waals surface area (Å²) in [6, 6.07) is 5.54. The second kappa shape index (κ2) is 8.70. The molecule has 0 aliphatic carbocycles. The van der Waals surface area contributed by atoms with Gasteiger partial charge in [0.05, 0.1) is 18.3 Å². The molecule has 1 N–H and O–H groups in total. The van der Waals surface area contributed by atoms with Crippen LogP contribution < -0.4 is 10.2 Å². The van der Waals surface area contributed by atoms with E-state index in [0.717, 1.165) is 24.5 Å². The van der Waals surface area contributed by atoms with Crippen molar-refractivity contribution in [2.24, 2.45) is 0 Å². The fourth-order valence-corrected chi connectivity index (χ4v) is 2.78. The molecule has 1 aliphatic rings. The number of hydrogen-bond donors (Lipinski definition) is 1. The third-order valence-electron chi connectivity index (χ3n) is 4.27. The van der Waals surface area contributed by atoms with E-state index in [2.05, 4.69) is 27.3 Å². The van der Waals surface area contributed by atoms with Gasteiger partial charge in [0.1, 0.15) is 12.4 Å². The lowest BCUT2D eigenvalue weighted by atomic mass is 10.2. The van der Waals surface area contributed by atoms with Crippen molar-refractivity contribution >= 4 is 11.7 Å². The third kappa shape index (κ3) is 5.77. The molecule has 1 saturated heterocycles. The number of hydrogen-bond acceptors (Lipinski definition) is 7. The summed E-state index contributed by atoms with van der Waals surface area (Å²) < 4.78 is 16.3. The molecule has 0 aromatic carbocycles. The number of morpholine rings is 1. The van der Waals surface area contributed by atoms with Gasteiger partial charge in [0, 0.05) is 31.9 Å². The Morgan fingerprint density at radius 3 is 2.89 bits per heavy atom. The van der Waals surface area contributed by atoms with E-state index in [1.54, 1.807) is 12.3 Å². The van der Waals surface area contributed by atoms with Crippen molar-refractivity contribution < 1.29 is 18.8 Å². The molecule has 1 fully saturated rings. The van der Waals surface area contributed by atoms with Crippen molar-refractivity contribution in [3.8, 4) is 0 Å². The summed E-state index contributed by atoms with van der Waals surface area (Å²) in [5, 5.41) is 6.64. The van der Waals surface area contributed by atoms with Crippen LogP contribution >= 0.6 is 0 Å². The monoisotopic (exact) mass is 388 g/mol. The van der Waals surface area contributed by atoms with Crippen LogP contribution in [0.2, 0.25) is 0 Å². The SMILES string of the molecule is CC1CN(c2ccc(CNC(=O)c3cc(COC(C)(C)C)on3)cn2)CCO1. The molecule has 1 unspecified atom stereocenters. The topological polar surface area (TPSA) is 89.7 Å². The normalized spacial score (nSPS) is 17.6. The lowest BCUT2D eigenvalue weighted by molar-refractivity contribution is -0.0241. The van der Waals surface area contributed by atoms with Crippen molar-refractivity contribution in [3.05, 3.63) is 41.4 Å². The van der Waals surface area contributed by atoms with Crippen LogP contribution in [0.5, 0.6) is 0 Å². The summed E-state index contributed by atoms with van der Waals surface area (Å²) in [6.45, 7) is 10.9. The number of carbonyl (C=O) groups excluding carboxylic acids is 1. The Morgan fingerprint density at radius 2 is 2.21 bits per heavy atom. The van der Waals surface area contributed by atoms with Crippen LogP contribution in [0, 0.1) is 0 Å². The molecule has 152 valence electrons. The first-order chi connectivity index (χ1) is 13.3. The van der Waals surface area contributed by atoms with Gasteiger partial charge in [0.25, 0.3) is 5.91 Å². The summed E-state index contributed by atoms with van der Waals surface area (Å²) >= 11 is 0. The van der Waals surface area contributed by atoms with E-state index in [9.17, 15) is 4.79 Å². The fraction of sp³-hybridized carbons (Fsp3) is 0.550. The summed E-state index contributed by atoms with van der Waals surface area (Å²) in [5.74, 6) is 1.15. The molecule has 1 aliphatic heterocycles. The van der Waals surface area contributed by atoms with E-state index in [0.29, 0.717) is 18.9 Å². The standard InChI is InChI=1S/C20H28N4O4/c1-14-12-24(7-8-26-14)18-6-5-15(10-21-18)11-22-19(25)17-9-16(28-23-17)13-27-20(2,3)4/h5-6,9-10,14H,7-8,11-13H2,1-4H3,(H,22,25). The van der Waals surface area contributed by atoms with Crippen LogP contribution in [0.15, 0.2) is 28.9 Å². The number of carbonyl (C=O) groups is 1. The molecule has 8 nitrogen and oxygen atoms in total. The summed E-state index contributed by atoms with van der Waals surface area (Å²) in [5.41, 5.74) is 0.866. The smallest absolute Gasteiger partial charge is 0.273 e. The van der Waals surface area contributed by atoms with E-state index in [-0.39, 0.29) is 29.9 Å². The highest BCUT2D eigenvalue weighted by Crippen LogP contribution is 2.16. The summed E-state index contributed by atoms with van der Waals surface area (Å²) in [4.78, 5) is 19.0. The maximum atomic E-state index is 12.3. The van der Waals surface area contributed by atoms with E-state index in [1.807, 2.05) is 32.9 Å². The van der Waals surface area contributed by atoms with Crippen LogP contribution in [0.25, 0.3) is 0 Å². The summed E-state index contributed by atoms with van der Waals surface area (Å²) in [7, 11) is 0. The highest BCUT2D eigenvalue weighted by atomic mass is 16.5. The van der Waals surface area contributed by atoms with Crippen LogP contribution in [-0.2, 0) is 22.6 Å². The molecule has 1 amide bonds. The maximum Gasteiger partial charge on any atom is 0.273 e. The van der Waals surface area contributed by atoms with Crippen LogP contribution in [0.3, 0.4) is 0 Å². The molecule has 0 spiro atoms. The van der Waals surface area contributed by atoms with Crippen molar-refractivity contribution in [1.82, 2.24) is 15.5 Å². The van der Waals surface area contributed by atoms with E-state index >= 15 is 0 Å². The molecule has 2 aromatic rings. The number of amides is 1. The molecular weight excluding hydrogens is 360 g/mol. The zero-order valence-electron chi connectivity index (χ0n) is 16.9. The Kier molecular flexibility index (Phi) is 6.31. The minimum absolute atomic E-state index is 0.204. The van der Waals surface area contributed by atoms with E-state index < -0.39 is 0 Å². The molecule has 28 heavy (non-hydrogen) atoms. The predicted octanol–water partition coefficient (Wildman–Crippen LogP) is 2.54. The average molecular weight is 388 g/mol. The highest BCUT2D eigenvalue weighted by Gasteiger charge is 2.18. The Bertz CT molecular complexity index is 782. The van der Waals surface area contributed by atoms with E-state index in [4.69, 9.17) is 14.0 Å². The molecule has 0 bridgehead atoms.